The lowest BCUT2D eigenvalue weighted by molar-refractivity contribution is 0.0890. The lowest BCUT2D eigenvalue weighted by Gasteiger charge is -2.18. The fraction of sp³-hybridized carbons (Fsp3) is 0.316. The van der Waals surface area contributed by atoms with Crippen LogP contribution in [0.3, 0.4) is 0 Å². The summed E-state index contributed by atoms with van der Waals surface area (Å²) >= 11 is 0. The number of nitrogens with one attached hydrogen (secondary N) is 1. The van der Waals surface area contributed by atoms with Crippen LogP contribution in [0.25, 0.3) is 10.9 Å². The topological polar surface area (TPSA) is 78.2 Å². The summed E-state index contributed by atoms with van der Waals surface area (Å²) in [5, 5.41) is 7.64. The molecule has 0 radical (unpaired) electrons. The van der Waals surface area contributed by atoms with Crippen molar-refractivity contribution in [1.82, 2.24) is 19.7 Å². The number of rotatable bonds is 5. The van der Waals surface area contributed by atoms with Gasteiger partial charge in [-0.3, -0.25) is 14.3 Å². The molecular weight excluding hydrogens is 332 g/mol. The number of para-hydroxylation sites is 1. The quantitative estimate of drug-likeness (QED) is 0.753. The van der Waals surface area contributed by atoms with E-state index < -0.39 is 5.91 Å². The highest BCUT2D eigenvalue weighted by Crippen LogP contribution is 2.24. The molecule has 26 heavy (non-hydrogen) atoms. The molecule has 1 aliphatic heterocycles. The van der Waals surface area contributed by atoms with Gasteiger partial charge in [0.1, 0.15) is 5.56 Å². The Morgan fingerprint density at radius 3 is 2.96 bits per heavy atom. The summed E-state index contributed by atoms with van der Waals surface area (Å²) in [7, 11) is 3.37. The molecule has 3 heterocycles. The Kier molecular flexibility index (Phi) is 4.08. The number of pyridine rings is 1. The molecule has 0 bridgehead atoms. The smallest absolute Gasteiger partial charge is 0.257 e. The Bertz CT molecular complexity index is 1050. The maximum absolute atomic E-state index is 12.9. The van der Waals surface area contributed by atoms with E-state index in [2.05, 4.69) is 10.4 Å². The summed E-state index contributed by atoms with van der Waals surface area (Å²) in [5.74, 6) is -0.402. The summed E-state index contributed by atoms with van der Waals surface area (Å²) in [4.78, 5) is 25.7. The van der Waals surface area contributed by atoms with E-state index in [1.54, 1.807) is 37.3 Å². The lowest BCUT2D eigenvalue weighted by atomic mass is 10.1. The molecule has 3 aromatic rings. The molecule has 0 spiro atoms. The number of nitrogens with zero attached hydrogens (tertiary/aromatic N) is 3. The van der Waals surface area contributed by atoms with Gasteiger partial charge in [-0.15, -0.1) is 0 Å². The van der Waals surface area contributed by atoms with E-state index in [0.717, 1.165) is 29.7 Å². The van der Waals surface area contributed by atoms with Gasteiger partial charge < -0.3 is 14.6 Å². The molecule has 1 atom stereocenters. The van der Waals surface area contributed by atoms with Crippen LogP contribution in [0.4, 0.5) is 0 Å². The zero-order valence-corrected chi connectivity index (χ0v) is 14.7. The number of amides is 1. The van der Waals surface area contributed by atoms with Gasteiger partial charge in [0.25, 0.3) is 5.91 Å². The largest absolute Gasteiger partial charge is 0.382 e. The number of benzene rings is 1. The molecule has 0 saturated carbocycles. The number of carbonyl (C=O) groups excluding carboxylic acids is 1. The van der Waals surface area contributed by atoms with E-state index >= 15 is 0 Å². The molecule has 1 N–H and O–H groups in total. The van der Waals surface area contributed by atoms with Crippen LogP contribution < -0.4 is 10.7 Å². The van der Waals surface area contributed by atoms with Crippen LogP contribution in [0.2, 0.25) is 0 Å². The van der Waals surface area contributed by atoms with E-state index in [0.29, 0.717) is 5.39 Å². The van der Waals surface area contributed by atoms with E-state index in [4.69, 9.17) is 4.74 Å². The van der Waals surface area contributed by atoms with E-state index in [9.17, 15) is 9.59 Å². The molecule has 1 aromatic carbocycles. The van der Waals surface area contributed by atoms with Crippen molar-refractivity contribution in [3.05, 3.63) is 63.7 Å². The highest BCUT2D eigenvalue weighted by molar-refractivity contribution is 5.98. The van der Waals surface area contributed by atoms with Crippen molar-refractivity contribution >= 4 is 16.8 Å². The van der Waals surface area contributed by atoms with Crippen LogP contribution in [0.1, 0.15) is 27.7 Å². The first-order valence-electron chi connectivity index (χ1n) is 8.53. The standard InChI is InChI=1S/C19H20N4O3/c1-22-16(6-8-20-22)15(11-26-2)21-19(25)14-10-23-9-7-12-4-3-5-13(17(12)23)18(14)24/h3-6,8,10,15H,7,9,11H2,1-2H3,(H,21,25). The molecule has 1 aliphatic rings. The Labute approximate surface area is 150 Å². The third-order valence-corrected chi connectivity index (χ3v) is 4.90. The van der Waals surface area contributed by atoms with Crippen LogP contribution in [-0.4, -0.2) is 34.0 Å². The molecule has 4 rings (SSSR count). The fourth-order valence-corrected chi connectivity index (χ4v) is 3.65. The number of aryl methyl sites for hydroxylation is 3. The summed E-state index contributed by atoms with van der Waals surface area (Å²) in [6.45, 7) is 1.07. The van der Waals surface area contributed by atoms with Crippen molar-refractivity contribution in [2.75, 3.05) is 13.7 Å². The van der Waals surface area contributed by atoms with Crippen molar-refractivity contribution in [3.8, 4) is 0 Å². The van der Waals surface area contributed by atoms with Gasteiger partial charge in [-0.2, -0.15) is 5.10 Å². The SMILES string of the molecule is COCC(NC(=O)c1cn2c3c(cccc3c1=O)CC2)c1ccnn1C. The van der Waals surface area contributed by atoms with Gasteiger partial charge in [-0.1, -0.05) is 12.1 Å². The highest BCUT2D eigenvalue weighted by Gasteiger charge is 2.23. The third kappa shape index (κ3) is 2.61. The molecule has 0 saturated heterocycles. The van der Waals surface area contributed by atoms with E-state index in [-0.39, 0.29) is 23.6 Å². The van der Waals surface area contributed by atoms with Crippen LogP contribution in [-0.2, 0) is 24.8 Å². The molecule has 1 amide bonds. The van der Waals surface area contributed by atoms with Gasteiger partial charge >= 0.3 is 0 Å². The minimum Gasteiger partial charge on any atom is -0.382 e. The van der Waals surface area contributed by atoms with Gasteiger partial charge in [-0.25, -0.2) is 0 Å². The van der Waals surface area contributed by atoms with Crippen LogP contribution in [0, 0.1) is 0 Å². The van der Waals surface area contributed by atoms with Crippen LogP contribution in [0.15, 0.2) is 41.5 Å². The number of hydrogen-bond acceptors (Lipinski definition) is 4. The maximum atomic E-state index is 12.9. The minimum atomic E-state index is -0.402. The molecule has 2 aromatic heterocycles. The second-order valence-corrected chi connectivity index (χ2v) is 6.49. The van der Waals surface area contributed by atoms with Crippen molar-refractivity contribution in [1.29, 1.82) is 0 Å². The van der Waals surface area contributed by atoms with Crippen molar-refractivity contribution in [2.24, 2.45) is 7.05 Å². The second-order valence-electron chi connectivity index (χ2n) is 6.49. The van der Waals surface area contributed by atoms with E-state index in [1.165, 1.54) is 0 Å². The van der Waals surface area contributed by atoms with Gasteiger partial charge in [0, 0.05) is 38.5 Å². The molecule has 0 fully saturated rings. The van der Waals surface area contributed by atoms with Crippen LogP contribution in [0.5, 0.6) is 0 Å². The van der Waals surface area contributed by atoms with Gasteiger partial charge in [0.15, 0.2) is 0 Å². The zero-order chi connectivity index (χ0) is 18.3. The average molecular weight is 352 g/mol. The Hall–Kier alpha value is -2.93. The molecular formula is C19H20N4O3. The first kappa shape index (κ1) is 16.5. The summed E-state index contributed by atoms with van der Waals surface area (Å²) in [6, 6.07) is 7.12. The van der Waals surface area contributed by atoms with Crippen LogP contribution >= 0.6 is 0 Å². The predicted molar refractivity (Wildman–Crippen MR) is 97.2 cm³/mol. The molecule has 134 valence electrons. The number of ether oxygens (including phenoxy) is 1. The maximum Gasteiger partial charge on any atom is 0.257 e. The Morgan fingerprint density at radius 2 is 2.23 bits per heavy atom. The molecule has 7 heteroatoms. The normalized spacial score (nSPS) is 13.9. The molecule has 7 nitrogen and oxygen atoms in total. The Balaban J connectivity index is 1.72. The number of hydrogen-bond donors (Lipinski definition) is 1. The van der Waals surface area contributed by atoms with Crippen molar-refractivity contribution in [2.45, 2.75) is 19.0 Å². The number of aromatic nitrogens is 3. The van der Waals surface area contributed by atoms with Gasteiger partial charge in [0.2, 0.25) is 5.43 Å². The minimum absolute atomic E-state index is 0.153. The lowest BCUT2D eigenvalue weighted by Crippen LogP contribution is -2.35. The highest BCUT2D eigenvalue weighted by atomic mass is 16.5. The molecule has 0 aliphatic carbocycles. The first-order valence-corrected chi connectivity index (χ1v) is 8.53. The predicted octanol–water partition coefficient (Wildman–Crippen LogP) is 1.41. The average Bonchev–Trinajstić information content (AvgIpc) is 3.24. The third-order valence-electron chi connectivity index (χ3n) is 4.90. The Morgan fingerprint density at radius 1 is 1.38 bits per heavy atom. The molecule has 1 unspecified atom stereocenters. The van der Waals surface area contributed by atoms with Gasteiger partial charge in [0.05, 0.1) is 23.9 Å². The van der Waals surface area contributed by atoms with Gasteiger partial charge in [-0.05, 0) is 24.1 Å². The number of methoxy groups -OCH3 is 1. The number of carbonyl (C=O) groups is 1. The fourth-order valence-electron chi connectivity index (χ4n) is 3.65. The second kappa shape index (κ2) is 6.42. The monoisotopic (exact) mass is 352 g/mol. The van der Waals surface area contributed by atoms with E-state index in [1.807, 2.05) is 22.8 Å². The summed E-state index contributed by atoms with van der Waals surface area (Å²) in [6.07, 6.45) is 4.21. The van der Waals surface area contributed by atoms with Crippen molar-refractivity contribution < 1.29 is 9.53 Å². The zero-order valence-electron chi connectivity index (χ0n) is 14.7. The first-order chi connectivity index (χ1) is 12.6. The van der Waals surface area contributed by atoms with Crippen molar-refractivity contribution in [3.63, 3.8) is 0 Å². The summed E-state index contributed by atoms with van der Waals surface area (Å²) in [5.41, 5.74) is 2.82. The summed E-state index contributed by atoms with van der Waals surface area (Å²) < 4.78 is 8.91.